The summed E-state index contributed by atoms with van der Waals surface area (Å²) >= 11 is 0. The van der Waals surface area contributed by atoms with E-state index in [0.29, 0.717) is 17.9 Å². The Kier molecular flexibility index (Phi) is 5.16. The van der Waals surface area contributed by atoms with Crippen molar-refractivity contribution in [3.05, 3.63) is 71.9 Å². The third-order valence-electron chi connectivity index (χ3n) is 2.93. The van der Waals surface area contributed by atoms with Crippen LogP contribution in [-0.4, -0.2) is 5.91 Å². The van der Waals surface area contributed by atoms with Gasteiger partial charge in [-0.3, -0.25) is 4.79 Å². The molecular formula is C17H16N4O. The van der Waals surface area contributed by atoms with E-state index >= 15 is 0 Å². The SMILES string of the molecule is N#C/C(=C/NCc1ccccc1)C(=O)Nc1ccc(N)cc1. The summed E-state index contributed by atoms with van der Waals surface area (Å²) in [5, 5.41) is 14.7. The number of nitrogen functional groups attached to an aromatic ring is 1. The van der Waals surface area contributed by atoms with E-state index in [-0.39, 0.29) is 5.57 Å². The molecular weight excluding hydrogens is 276 g/mol. The van der Waals surface area contributed by atoms with E-state index in [9.17, 15) is 4.79 Å². The van der Waals surface area contributed by atoms with Crippen molar-refractivity contribution in [2.75, 3.05) is 11.1 Å². The van der Waals surface area contributed by atoms with Gasteiger partial charge in [-0.15, -0.1) is 0 Å². The van der Waals surface area contributed by atoms with Crippen molar-refractivity contribution in [2.45, 2.75) is 6.54 Å². The second-order valence-electron chi connectivity index (χ2n) is 4.61. The third-order valence-corrected chi connectivity index (χ3v) is 2.93. The lowest BCUT2D eigenvalue weighted by Gasteiger charge is -2.05. The number of hydrogen-bond acceptors (Lipinski definition) is 4. The Morgan fingerprint density at radius 1 is 1.14 bits per heavy atom. The van der Waals surface area contributed by atoms with Crippen molar-refractivity contribution in [3.8, 4) is 6.07 Å². The fourth-order valence-corrected chi connectivity index (χ4v) is 1.78. The van der Waals surface area contributed by atoms with Gasteiger partial charge in [0.15, 0.2) is 0 Å². The molecule has 0 aliphatic heterocycles. The maximum absolute atomic E-state index is 12.0. The average Bonchev–Trinajstić information content (AvgIpc) is 2.54. The Balaban J connectivity index is 1.95. The summed E-state index contributed by atoms with van der Waals surface area (Å²) in [6.07, 6.45) is 1.42. The monoisotopic (exact) mass is 292 g/mol. The molecule has 0 saturated heterocycles. The van der Waals surface area contributed by atoms with Gasteiger partial charge in [0.2, 0.25) is 0 Å². The number of anilines is 2. The minimum absolute atomic E-state index is 0.00718. The van der Waals surface area contributed by atoms with Crippen LogP contribution in [0.25, 0.3) is 0 Å². The highest BCUT2D eigenvalue weighted by Crippen LogP contribution is 2.11. The molecule has 0 radical (unpaired) electrons. The van der Waals surface area contributed by atoms with Crippen molar-refractivity contribution < 1.29 is 4.79 Å². The lowest BCUT2D eigenvalue weighted by Crippen LogP contribution is -2.16. The Hall–Kier alpha value is -3.26. The Bertz CT molecular complexity index is 700. The zero-order valence-corrected chi connectivity index (χ0v) is 11.9. The standard InChI is InChI=1S/C17H16N4O/c18-10-14(12-20-11-13-4-2-1-3-5-13)17(22)21-16-8-6-15(19)7-9-16/h1-9,12,20H,11,19H2,(H,21,22)/b14-12-. The topological polar surface area (TPSA) is 90.9 Å². The van der Waals surface area contributed by atoms with E-state index in [1.807, 2.05) is 36.4 Å². The molecule has 2 rings (SSSR count). The molecule has 0 heterocycles. The molecule has 0 spiro atoms. The zero-order chi connectivity index (χ0) is 15.8. The molecule has 5 heteroatoms. The lowest BCUT2D eigenvalue weighted by molar-refractivity contribution is -0.112. The van der Waals surface area contributed by atoms with Crippen LogP contribution in [0.2, 0.25) is 0 Å². The number of carbonyl (C=O) groups is 1. The van der Waals surface area contributed by atoms with Gasteiger partial charge < -0.3 is 16.4 Å². The molecule has 1 amide bonds. The van der Waals surface area contributed by atoms with Gasteiger partial charge in [0.25, 0.3) is 5.91 Å². The molecule has 5 nitrogen and oxygen atoms in total. The summed E-state index contributed by atoms with van der Waals surface area (Å²) in [6.45, 7) is 0.543. The van der Waals surface area contributed by atoms with Crippen LogP contribution in [0, 0.1) is 11.3 Å². The normalized spacial score (nSPS) is 10.6. The summed E-state index contributed by atoms with van der Waals surface area (Å²) in [5.41, 5.74) is 7.85. The summed E-state index contributed by atoms with van der Waals surface area (Å²) in [5.74, 6) is -0.465. The molecule has 0 aromatic heterocycles. The van der Waals surface area contributed by atoms with E-state index in [0.717, 1.165) is 5.56 Å². The van der Waals surface area contributed by atoms with E-state index in [1.54, 1.807) is 24.3 Å². The maximum atomic E-state index is 12.0. The maximum Gasteiger partial charge on any atom is 0.267 e. The van der Waals surface area contributed by atoms with Gasteiger partial charge in [0, 0.05) is 24.1 Å². The van der Waals surface area contributed by atoms with E-state index in [1.165, 1.54) is 6.20 Å². The number of nitriles is 1. The first kappa shape index (κ1) is 15.1. The van der Waals surface area contributed by atoms with E-state index in [4.69, 9.17) is 11.0 Å². The predicted molar refractivity (Wildman–Crippen MR) is 86.5 cm³/mol. The van der Waals surface area contributed by atoms with Crippen molar-refractivity contribution in [3.63, 3.8) is 0 Å². The number of amides is 1. The van der Waals surface area contributed by atoms with Crippen LogP contribution in [0.3, 0.4) is 0 Å². The molecule has 110 valence electrons. The van der Waals surface area contributed by atoms with Gasteiger partial charge in [-0.1, -0.05) is 30.3 Å². The summed E-state index contributed by atoms with van der Waals surface area (Å²) in [4.78, 5) is 12.0. The van der Waals surface area contributed by atoms with Crippen molar-refractivity contribution in [2.24, 2.45) is 0 Å². The third kappa shape index (κ3) is 4.39. The quantitative estimate of drug-likeness (QED) is 0.448. The zero-order valence-electron chi connectivity index (χ0n) is 11.9. The first-order chi connectivity index (χ1) is 10.7. The first-order valence-electron chi connectivity index (χ1n) is 6.73. The second kappa shape index (κ2) is 7.50. The predicted octanol–water partition coefficient (Wildman–Crippen LogP) is 2.40. The molecule has 4 N–H and O–H groups in total. The Morgan fingerprint density at radius 3 is 2.45 bits per heavy atom. The molecule has 0 aliphatic rings. The minimum Gasteiger partial charge on any atom is -0.399 e. The summed E-state index contributed by atoms with van der Waals surface area (Å²) < 4.78 is 0. The molecule has 22 heavy (non-hydrogen) atoms. The highest BCUT2D eigenvalue weighted by molar-refractivity contribution is 6.06. The summed E-state index contributed by atoms with van der Waals surface area (Å²) in [6, 6.07) is 18.3. The second-order valence-corrected chi connectivity index (χ2v) is 4.61. The molecule has 0 atom stereocenters. The highest BCUT2D eigenvalue weighted by Gasteiger charge is 2.08. The Labute approximate surface area is 129 Å². The van der Waals surface area contributed by atoms with Gasteiger partial charge in [-0.05, 0) is 29.8 Å². The number of hydrogen-bond donors (Lipinski definition) is 3. The van der Waals surface area contributed by atoms with Crippen LogP contribution in [0.15, 0.2) is 66.4 Å². The minimum atomic E-state index is -0.465. The highest BCUT2D eigenvalue weighted by atomic mass is 16.1. The largest absolute Gasteiger partial charge is 0.399 e. The average molecular weight is 292 g/mol. The lowest BCUT2D eigenvalue weighted by atomic mass is 10.2. The number of rotatable bonds is 5. The van der Waals surface area contributed by atoms with Crippen molar-refractivity contribution in [1.29, 1.82) is 5.26 Å². The summed E-state index contributed by atoms with van der Waals surface area (Å²) in [7, 11) is 0. The number of benzene rings is 2. The van der Waals surface area contributed by atoms with E-state index < -0.39 is 5.91 Å². The van der Waals surface area contributed by atoms with Gasteiger partial charge in [-0.25, -0.2) is 0 Å². The van der Waals surface area contributed by atoms with Crippen molar-refractivity contribution >= 4 is 17.3 Å². The molecule has 2 aromatic carbocycles. The van der Waals surface area contributed by atoms with Gasteiger partial charge in [0.05, 0.1) is 0 Å². The van der Waals surface area contributed by atoms with Crippen LogP contribution in [0.1, 0.15) is 5.56 Å². The van der Waals surface area contributed by atoms with Gasteiger partial charge in [-0.2, -0.15) is 5.26 Å². The molecule has 2 aromatic rings. The van der Waals surface area contributed by atoms with Crippen LogP contribution in [0.4, 0.5) is 11.4 Å². The molecule has 0 aliphatic carbocycles. The molecule has 0 unspecified atom stereocenters. The van der Waals surface area contributed by atoms with Crippen molar-refractivity contribution in [1.82, 2.24) is 5.32 Å². The smallest absolute Gasteiger partial charge is 0.267 e. The number of carbonyl (C=O) groups excluding carboxylic acids is 1. The number of nitrogens with zero attached hydrogens (tertiary/aromatic N) is 1. The van der Waals surface area contributed by atoms with E-state index in [2.05, 4.69) is 10.6 Å². The fourth-order valence-electron chi connectivity index (χ4n) is 1.78. The fraction of sp³-hybridized carbons (Fsp3) is 0.0588. The van der Waals surface area contributed by atoms with Crippen LogP contribution in [-0.2, 0) is 11.3 Å². The molecule has 0 saturated carbocycles. The van der Waals surface area contributed by atoms with Gasteiger partial charge >= 0.3 is 0 Å². The molecule has 0 fully saturated rings. The molecule has 0 bridgehead atoms. The Morgan fingerprint density at radius 2 is 1.82 bits per heavy atom. The first-order valence-corrected chi connectivity index (χ1v) is 6.73. The van der Waals surface area contributed by atoms with Crippen LogP contribution >= 0.6 is 0 Å². The van der Waals surface area contributed by atoms with Gasteiger partial charge in [0.1, 0.15) is 11.6 Å². The number of nitrogens with one attached hydrogen (secondary N) is 2. The van der Waals surface area contributed by atoms with Crippen LogP contribution < -0.4 is 16.4 Å². The number of nitrogens with two attached hydrogens (primary N) is 1. The van der Waals surface area contributed by atoms with Crippen LogP contribution in [0.5, 0.6) is 0 Å².